The fourth-order valence-electron chi connectivity index (χ4n) is 4.18. The molecule has 2 atom stereocenters. The van der Waals surface area contributed by atoms with Crippen LogP contribution in [0, 0.1) is 11.3 Å². The molecule has 19 heavy (non-hydrogen) atoms. The Morgan fingerprint density at radius 1 is 1.26 bits per heavy atom. The summed E-state index contributed by atoms with van der Waals surface area (Å²) in [6.45, 7) is 15.7. The van der Waals surface area contributed by atoms with Crippen LogP contribution in [0.2, 0.25) is 0 Å². The van der Waals surface area contributed by atoms with Crippen molar-refractivity contribution in [1.29, 1.82) is 0 Å². The van der Waals surface area contributed by atoms with Crippen LogP contribution in [0.1, 0.15) is 60.8 Å². The van der Waals surface area contributed by atoms with Gasteiger partial charge in [0.2, 0.25) is 0 Å². The van der Waals surface area contributed by atoms with E-state index in [9.17, 15) is 4.79 Å². The first-order valence-corrected chi connectivity index (χ1v) is 7.72. The van der Waals surface area contributed by atoms with Crippen LogP contribution in [-0.4, -0.2) is 36.1 Å². The molecule has 0 radical (unpaired) electrons. The lowest BCUT2D eigenvalue weighted by Gasteiger charge is -2.43. The Morgan fingerprint density at radius 2 is 1.84 bits per heavy atom. The van der Waals surface area contributed by atoms with E-state index in [0.29, 0.717) is 24.4 Å². The summed E-state index contributed by atoms with van der Waals surface area (Å²) in [5.41, 5.74) is 0.299. The molecule has 3 heteroatoms. The highest BCUT2D eigenvalue weighted by molar-refractivity contribution is 5.71. The van der Waals surface area contributed by atoms with Crippen LogP contribution in [0.25, 0.3) is 0 Å². The molecule has 0 spiro atoms. The normalized spacial score (nSPS) is 29.7. The van der Waals surface area contributed by atoms with Gasteiger partial charge in [0.05, 0.1) is 13.0 Å². The van der Waals surface area contributed by atoms with Crippen molar-refractivity contribution in [3.8, 4) is 0 Å². The zero-order chi connectivity index (χ0) is 14.7. The van der Waals surface area contributed by atoms with Crippen molar-refractivity contribution in [3.63, 3.8) is 0 Å². The third-order valence-electron chi connectivity index (χ3n) is 4.71. The summed E-state index contributed by atoms with van der Waals surface area (Å²) in [4.78, 5) is 14.5. The van der Waals surface area contributed by atoms with Crippen molar-refractivity contribution in [2.75, 3.05) is 19.7 Å². The minimum atomic E-state index is -0.0426. The second-order valence-electron chi connectivity index (χ2n) is 6.70. The Bertz CT molecular complexity index is 310. The van der Waals surface area contributed by atoms with E-state index in [0.717, 1.165) is 19.5 Å². The molecule has 2 unspecified atom stereocenters. The second-order valence-corrected chi connectivity index (χ2v) is 6.70. The first-order valence-electron chi connectivity index (χ1n) is 7.72. The Labute approximate surface area is 118 Å². The highest BCUT2D eigenvalue weighted by Gasteiger charge is 2.52. The molecule has 1 saturated carbocycles. The van der Waals surface area contributed by atoms with Gasteiger partial charge in [0, 0.05) is 5.54 Å². The molecular weight excluding hydrogens is 238 g/mol. The lowest BCUT2D eigenvalue weighted by atomic mass is 9.81. The van der Waals surface area contributed by atoms with Crippen LogP contribution in [0.15, 0.2) is 0 Å². The highest BCUT2D eigenvalue weighted by atomic mass is 16.5. The van der Waals surface area contributed by atoms with Gasteiger partial charge < -0.3 is 4.74 Å². The van der Waals surface area contributed by atoms with Gasteiger partial charge in [-0.15, -0.1) is 0 Å². The third kappa shape index (κ3) is 3.50. The van der Waals surface area contributed by atoms with Crippen molar-refractivity contribution in [1.82, 2.24) is 4.90 Å². The number of hydrogen-bond donors (Lipinski definition) is 0. The zero-order valence-corrected chi connectivity index (χ0v) is 13.6. The van der Waals surface area contributed by atoms with Crippen molar-refractivity contribution in [2.24, 2.45) is 11.3 Å². The standard InChI is InChI=1S/C16H31NO2/c1-7-17(8-2)16(11-14(18)19-9-3)12-15(5,6)10-13(16)4/h13H,7-12H2,1-6H3. The molecule has 0 aliphatic heterocycles. The maximum Gasteiger partial charge on any atom is 0.307 e. The first-order chi connectivity index (χ1) is 8.81. The third-order valence-corrected chi connectivity index (χ3v) is 4.71. The van der Waals surface area contributed by atoms with Crippen molar-refractivity contribution >= 4 is 5.97 Å². The van der Waals surface area contributed by atoms with Crippen LogP contribution in [-0.2, 0) is 9.53 Å². The molecule has 0 heterocycles. The molecule has 0 aromatic carbocycles. The monoisotopic (exact) mass is 269 g/mol. The molecule has 0 aromatic heterocycles. The number of carbonyl (C=O) groups is 1. The molecule has 1 aliphatic rings. The maximum atomic E-state index is 12.0. The summed E-state index contributed by atoms with van der Waals surface area (Å²) >= 11 is 0. The molecule has 1 fully saturated rings. The maximum absolute atomic E-state index is 12.0. The molecule has 0 aromatic rings. The van der Waals surface area contributed by atoms with Crippen LogP contribution in [0.5, 0.6) is 0 Å². The van der Waals surface area contributed by atoms with Crippen molar-refractivity contribution in [3.05, 3.63) is 0 Å². The summed E-state index contributed by atoms with van der Waals surface area (Å²) in [6.07, 6.45) is 2.80. The molecule has 3 nitrogen and oxygen atoms in total. The fraction of sp³-hybridized carbons (Fsp3) is 0.938. The first kappa shape index (κ1) is 16.5. The minimum Gasteiger partial charge on any atom is -0.466 e. The Hall–Kier alpha value is -0.570. The van der Waals surface area contributed by atoms with E-state index >= 15 is 0 Å². The smallest absolute Gasteiger partial charge is 0.307 e. The molecule has 1 aliphatic carbocycles. The second kappa shape index (κ2) is 6.25. The van der Waals surface area contributed by atoms with Gasteiger partial charge in [-0.05, 0) is 44.2 Å². The number of esters is 1. The Morgan fingerprint density at radius 3 is 2.21 bits per heavy atom. The van der Waals surface area contributed by atoms with Gasteiger partial charge in [0.15, 0.2) is 0 Å². The van der Waals surface area contributed by atoms with Gasteiger partial charge in [0.1, 0.15) is 0 Å². The van der Waals surface area contributed by atoms with E-state index in [1.54, 1.807) is 0 Å². The van der Waals surface area contributed by atoms with E-state index < -0.39 is 0 Å². The quantitative estimate of drug-likeness (QED) is 0.691. The summed E-state index contributed by atoms with van der Waals surface area (Å²) in [5.74, 6) is 0.491. The van der Waals surface area contributed by atoms with Crippen molar-refractivity contribution < 1.29 is 9.53 Å². The molecule has 0 saturated heterocycles. The molecule has 0 N–H and O–H groups in total. The summed E-state index contributed by atoms with van der Waals surface area (Å²) in [7, 11) is 0. The van der Waals surface area contributed by atoms with Gasteiger partial charge in [-0.2, -0.15) is 0 Å². The lowest BCUT2D eigenvalue weighted by Crippen LogP contribution is -2.52. The molecule has 1 rings (SSSR count). The number of rotatable bonds is 6. The molecule has 0 amide bonds. The van der Waals surface area contributed by atoms with Gasteiger partial charge in [-0.3, -0.25) is 9.69 Å². The van der Waals surface area contributed by atoms with E-state index in [1.807, 2.05) is 6.92 Å². The molecule has 0 bridgehead atoms. The van der Waals surface area contributed by atoms with E-state index in [-0.39, 0.29) is 11.5 Å². The van der Waals surface area contributed by atoms with Gasteiger partial charge in [-0.25, -0.2) is 0 Å². The van der Waals surface area contributed by atoms with Gasteiger partial charge in [-0.1, -0.05) is 34.6 Å². The zero-order valence-electron chi connectivity index (χ0n) is 13.6. The van der Waals surface area contributed by atoms with Crippen LogP contribution in [0.4, 0.5) is 0 Å². The van der Waals surface area contributed by atoms with E-state index in [4.69, 9.17) is 4.74 Å². The molecule has 112 valence electrons. The number of ether oxygens (including phenoxy) is 1. The van der Waals surface area contributed by atoms with Crippen LogP contribution < -0.4 is 0 Å². The predicted molar refractivity (Wildman–Crippen MR) is 79.1 cm³/mol. The number of carbonyl (C=O) groups excluding carboxylic acids is 1. The SMILES string of the molecule is CCOC(=O)CC1(N(CC)CC)CC(C)(C)CC1C. The lowest BCUT2D eigenvalue weighted by molar-refractivity contribution is -0.147. The minimum absolute atomic E-state index is 0.0146. The Balaban J connectivity index is 3.01. The summed E-state index contributed by atoms with van der Waals surface area (Å²) in [6, 6.07) is 0. The molecular formula is C16H31NO2. The predicted octanol–water partition coefficient (Wildman–Crippen LogP) is 3.48. The topological polar surface area (TPSA) is 29.5 Å². The average molecular weight is 269 g/mol. The number of hydrogen-bond acceptors (Lipinski definition) is 3. The van der Waals surface area contributed by atoms with E-state index in [2.05, 4.69) is 39.5 Å². The van der Waals surface area contributed by atoms with Gasteiger partial charge >= 0.3 is 5.97 Å². The average Bonchev–Trinajstić information content (AvgIpc) is 2.50. The summed E-state index contributed by atoms with van der Waals surface area (Å²) < 4.78 is 5.22. The van der Waals surface area contributed by atoms with Crippen LogP contribution >= 0.6 is 0 Å². The van der Waals surface area contributed by atoms with Crippen LogP contribution in [0.3, 0.4) is 0 Å². The largest absolute Gasteiger partial charge is 0.466 e. The summed E-state index contributed by atoms with van der Waals surface area (Å²) in [5, 5.41) is 0. The number of nitrogens with zero attached hydrogens (tertiary/aromatic N) is 1. The van der Waals surface area contributed by atoms with E-state index in [1.165, 1.54) is 6.42 Å². The highest BCUT2D eigenvalue weighted by Crippen LogP contribution is 2.52. The van der Waals surface area contributed by atoms with Crippen molar-refractivity contribution in [2.45, 2.75) is 66.3 Å². The Kier molecular flexibility index (Phi) is 5.43. The van der Waals surface area contributed by atoms with Gasteiger partial charge in [0.25, 0.3) is 0 Å². The fourth-order valence-corrected chi connectivity index (χ4v) is 4.18.